The van der Waals surface area contributed by atoms with Crippen LogP contribution in [0.3, 0.4) is 0 Å². The summed E-state index contributed by atoms with van der Waals surface area (Å²) >= 11 is 12.3. The van der Waals surface area contributed by atoms with E-state index in [1.54, 1.807) is 4.68 Å². The zero-order chi connectivity index (χ0) is 15.8. The zero-order valence-electron chi connectivity index (χ0n) is 11.8. The molecule has 1 aromatic heterocycles. The van der Waals surface area contributed by atoms with Crippen LogP contribution in [0, 0.1) is 0 Å². The van der Waals surface area contributed by atoms with E-state index in [-0.39, 0.29) is 6.04 Å². The number of fused-ring (bicyclic) bond motifs is 1. The van der Waals surface area contributed by atoms with E-state index in [1.165, 1.54) is 0 Å². The molecule has 3 aromatic rings. The van der Waals surface area contributed by atoms with Gasteiger partial charge in [0.25, 0.3) is 0 Å². The molecule has 0 amide bonds. The van der Waals surface area contributed by atoms with E-state index >= 15 is 0 Å². The molecule has 5 nitrogen and oxygen atoms in total. The molecule has 2 aromatic carbocycles. The van der Waals surface area contributed by atoms with Crippen LogP contribution in [0.1, 0.15) is 17.2 Å². The van der Waals surface area contributed by atoms with Crippen molar-refractivity contribution in [2.24, 2.45) is 0 Å². The lowest BCUT2D eigenvalue weighted by Gasteiger charge is -2.24. The minimum Gasteiger partial charge on any atom is -0.323 e. The van der Waals surface area contributed by atoms with Crippen molar-refractivity contribution in [1.82, 2.24) is 20.2 Å². The molecule has 0 saturated carbocycles. The van der Waals surface area contributed by atoms with E-state index in [0.29, 0.717) is 16.0 Å². The molecule has 0 spiro atoms. The second-order valence-corrected chi connectivity index (χ2v) is 5.97. The number of anilines is 1. The van der Waals surface area contributed by atoms with Crippen LogP contribution < -0.4 is 5.32 Å². The molecule has 0 fully saturated rings. The summed E-state index contributed by atoms with van der Waals surface area (Å²) in [7, 11) is 0. The molecule has 4 rings (SSSR count). The van der Waals surface area contributed by atoms with Gasteiger partial charge in [0.1, 0.15) is 6.04 Å². The zero-order valence-corrected chi connectivity index (χ0v) is 13.3. The van der Waals surface area contributed by atoms with E-state index in [9.17, 15) is 0 Å². The quantitative estimate of drug-likeness (QED) is 0.762. The number of nitrogens with zero attached hydrogens (tertiary/aromatic N) is 4. The van der Waals surface area contributed by atoms with Crippen molar-refractivity contribution in [3.05, 3.63) is 75.8 Å². The van der Waals surface area contributed by atoms with E-state index in [2.05, 4.69) is 20.8 Å². The Morgan fingerprint density at radius 1 is 1.00 bits per heavy atom. The average molecular weight is 344 g/mol. The van der Waals surface area contributed by atoms with Gasteiger partial charge in [-0.3, -0.25) is 0 Å². The molecular weight excluding hydrogens is 333 g/mol. The summed E-state index contributed by atoms with van der Waals surface area (Å²) < 4.78 is 1.71. The molecule has 2 heterocycles. The smallest absolute Gasteiger partial charge is 0.248 e. The van der Waals surface area contributed by atoms with Crippen molar-refractivity contribution in [3.8, 4) is 0 Å². The largest absolute Gasteiger partial charge is 0.323 e. The van der Waals surface area contributed by atoms with Gasteiger partial charge in [0.15, 0.2) is 0 Å². The molecule has 114 valence electrons. The number of tetrazole rings is 1. The van der Waals surface area contributed by atoms with Crippen molar-refractivity contribution in [2.75, 3.05) is 5.32 Å². The lowest BCUT2D eigenvalue weighted by Crippen LogP contribution is -2.20. The summed E-state index contributed by atoms with van der Waals surface area (Å²) in [6.45, 7) is 0. The van der Waals surface area contributed by atoms with Gasteiger partial charge in [-0.2, -0.15) is 4.68 Å². The Morgan fingerprint density at radius 3 is 2.57 bits per heavy atom. The van der Waals surface area contributed by atoms with Crippen LogP contribution in [0.25, 0.3) is 5.70 Å². The predicted octanol–water partition coefficient (Wildman–Crippen LogP) is 4.04. The lowest BCUT2D eigenvalue weighted by atomic mass is 10.0. The van der Waals surface area contributed by atoms with Gasteiger partial charge >= 0.3 is 0 Å². The van der Waals surface area contributed by atoms with Gasteiger partial charge in [-0.15, -0.1) is 0 Å². The summed E-state index contributed by atoms with van der Waals surface area (Å²) in [5, 5.41) is 16.5. The van der Waals surface area contributed by atoms with Crippen LogP contribution in [0.2, 0.25) is 10.0 Å². The fourth-order valence-corrected chi connectivity index (χ4v) is 2.96. The second kappa shape index (κ2) is 5.68. The highest BCUT2D eigenvalue weighted by atomic mass is 35.5. The summed E-state index contributed by atoms with van der Waals surface area (Å²) in [6, 6.07) is 15.1. The highest BCUT2D eigenvalue weighted by Crippen LogP contribution is 2.34. The fraction of sp³-hybridized carbons (Fsp3) is 0.0625. The van der Waals surface area contributed by atoms with Gasteiger partial charge in [-0.25, -0.2) is 0 Å². The number of rotatable bonds is 2. The Morgan fingerprint density at radius 2 is 1.78 bits per heavy atom. The number of halogens is 2. The number of hydrogen-bond donors (Lipinski definition) is 1. The van der Waals surface area contributed by atoms with Crippen LogP contribution in [-0.2, 0) is 0 Å². The van der Waals surface area contributed by atoms with Gasteiger partial charge < -0.3 is 5.32 Å². The minimum atomic E-state index is -0.180. The minimum absolute atomic E-state index is 0.180. The van der Waals surface area contributed by atoms with Gasteiger partial charge in [0.05, 0.1) is 0 Å². The maximum absolute atomic E-state index is 6.36. The summed E-state index contributed by atoms with van der Waals surface area (Å²) in [6.07, 6.45) is 2.05. The van der Waals surface area contributed by atoms with Crippen molar-refractivity contribution < 1.29 is 0 Å². The van der Waals surface area contributed by atoms with Crippen LogP contribution in [0.4, 0.5) is 5.95 Å². The molecule has 0 saturated heterocycles. The van der Waals surface area contributed by atoms with Crippen LogP contribution >= 0.6 is 23.2 Å². The fourth-order valence-electron chi connectivity index (χ4n) is 2.59. The summed E-state index contributed by atoms with van der Waals surface area (Å²) in [5.41, 5.74) is 2.85. The first kappa shape index (κ1) is 14.2. The number of aromatic nitrogens is 4. The van der Waals surface area contributed by atoms with Gasteiger partial charge in [0.2, 0.25) is 5.95 Å². The molecule has 1 aliphatic heterocycles. The van der Waals surface area contributed by atoms with Crippen LogP contribution in [-0.4, -0.2) is 20.2 Å². The highest BCUT2D eigenvalue weighted by molar-refractivity contribution is 6.31. The third-order valence-electron chi connectivity index (χ3n) is 3.71. The summed E-state index contributed by atoms with van der Waals surface area (Å²) in [4.78, 5) is 0. The number of nitrogens with one attached hydrogen (secondary N) is 1. The van der Waals surface area contributed by atoms with E-state index in [0.717, 1.165) is 16.8 Å². The molecule has 7 heteroatoms. The Labute approximate surface area is 142 Å². The standard InChI is InChI=1S/C16H11Cl2N5/c17-11-7-5-10(6-8-11)14-9-15(12-3-1-2-4-13(12)18)23-16(19-14)20-21-22-23/h1-9,15H,(H,19,20,22)/t15-/m1/s1. The number of benzene rings is 2. The van der Waals surface area contributed by atoms with Crippen molar-refractivity contribution in [1.29, 1.82) is 0 Å². The SMILES string of the molecule is Clc1ccc(C2=C[C@H](c3ccccc3Cl)n3nnnc3N2)cc1. The third-order valence-corrected chi connectivity index (χ3v) is 4.30. The van der Waals surface area contributed by atoms with Gasteiger partial charge in [-0.05, 0) is 45.8 Å². The Bertz CT molecular complexity index is 885. The topological polar surface area (TPSA) is 55.6 Å². The molecule has 23 heavy (non-hydrogen) atoms. The Balaban J connectivity index is 1.83. The maximum atomic E-state index is 6.36. The van der Waals surface area contributed by atoms with E-state index in [1.807, 2.05) is 54.6 Å². The van der Waals surface area contributed by atoms with E-state index in [4.69, 9.17) is 23.2 Å². The first-order valence-electron chi connectivity index (χ1n) is 6.99. The summed E-state index contributed by atoms with van der Waals surface area (Å²) in [5.74, 6) is 0.572. The molecule has 1 atom stereocenters. The lowest BCUT2D eigenvalue weighted by molar-refractivity contribution is 0.586. The number of allylic oxidation sites excluding steroid dienone is 1. The predicted molar refractivity (Wildman–Crippen MR) is 90.5 cm³/mol. The van der Waals surface area contributed by atoms with Gasteiger partial charge in [-0.1, -0.05) is 58.6 Å². The third kappa shape index (κ3) is 2.58. The molecule has 0 unspecified atom stereocenters. The molecule has 1 aliphatic rings. The molecular formula is C16H11Cl2N5. The van der Waals surface area contributed by atoms with Crippen LogP contribution in [0.15, 0.2) is 54.6 Å². The van der Waals surface area contributed by atoms with Crippen LogP contribution in [0.5, 0.6) is 0 Å². The highest BCUT2D eigenvalue weighted by Gasteiger charge is 2.25. The monoisotopic (exact) mass is 343 g/mol. The van der Waals surface area contributed by atoms with Crippen molar-refractivity contribution >= 4 is 34.8 Å². The van der Waals surface area contributed by atoms with Crippen molar-refractivity contribution in [3.63, 3.8) is 0 Å². The molecule has 0 aliphatic carbocycles. The van der Waals surface area contributed by atoms with E-state index < -0.39 is 0 Å². The second-order valence-electron chi connectivity index (χ2n) is 5.13. The first-order valence-corrected chi connectivity index (χ1v) is 7.75. The normalized spacial score (nSPS) is 16.4. The molecule has 0 radical (unpaired) electrons. The Kier molecular flexibility index (Phi) is 3.52. The van der Waals surface area contributed by atoms with Crippen molar-refractivity contribution in [2.45, 2.75) is 6.04 Å². The first-order chi connectivity index (χ1) is 11.2. The molecule has 0 bridgehead atoms. The maximum Gasteiger partial charge on any atom is 0.248 e. The number of hydrogen-bond acceptors (Lipinski definition) is 4. The van der Waals surface area contributed by atoms with Gasteiger partial charge in [0, 0.05) is 15.7 Å². The molecule has 1 N–H and O–H groups in total. The Hall–Kier alpha value is -2.37. The average Bonchev–Trinajstić information content (AvgIpc) is 3.04.